The molecule has 1 amide bonds. The Morgan fingerprint density at radius 3 is 2.33 bits per heavy atom. The van der Waals surface area contributed by atoms with Crippen LogP contribution in [-0.2, 0) is 9.53 Å². The molecule has 0 radical (unpaired) electrons. The smallest absolute Gasteiger partial charge is 0.340 e. The van der Waals surface area contributed by atoms with E-state index in [-0.39, 0.29) is 10.7 Å². The summed E-state index contributed by atoms with van der Waals surface area (Å²) in [6.07, 6.45) is 0.209. The summed E-state index contributed by atoms with van der Waals surface area (Å²) in [5.74, 6) is -1.10. The highest BCUT2D eigenvalue weighted by molar-refractivity contribution is 6.29. The average Bonchev–Trinajstić information content (AvgIpc) is 2.69. The standard InChI is InChI=1S/C21H17ClN2O3/c1-14-7-10-17(11-8-14)24-20(25)19(15-5-3-2-4-6-15)27-21(26)16-9-12-18(22)23-13-16/h2-13,19H,1H3,(H,24,25)/t19-/m1/s1. The maximum absolute atomic E-state index is 12.8. The lowest BCUT2D eigenvalue weighted by molar-refractivity contribution is -0.125. The molecule has 3 aromatic rings. The number of nitrogens with zero attached hydrogens (tertiary/aromatic N) is 1. The second-order valence-electron chi connectivity index (χ2n) is 5.92. The lowest BCUT2D eigenvalue weighted by Crippen LogP contribution is -2.26. The Kier molecular flexibility index (Phi) is 5.84. The van der Waals surface area contributed by atoms with Crippen molar-refractivity contribution < 1.29 is 14.3 Å². The Morgan fingerprint density at radius 2 is 1.70 bits per heavy atom. The maximum atomic E-state index is 12.8. The molecular weight excluding hydrogens is 364 g/mol. The summed E-state index contributed by atoms with van der Waals surface area (Å²) in [6.45, 7) is 1.96. The number of nitrogens with one attached hydrogen (secondary N) is 1. The van der Waals surface area contributed by atoms with Gasteiger partial charge in [-0.1, -0.05) is 59.6 Å². The van der Waals surface area contributed by atoms with Gasteiger partial charge in [0.1, 0.15) is 5.15 Å². The summed E-state index contributed by atoms with van der Waals surface area (Å²) < 4.78 is 5.49. The zero-order valence-corrected chi connectivity index (χ0v) is 15.3. The number of halogens is 1. The molecule has 1 atom stereocenters. The summed E-state index contributed by atoms with van der Waals surface area (Å²) >= 11 is 5.74. The van der Waals surface area contributed by atoms with E-state index in [1.165, 1.54) is 18.3 Å². The zero-order chi connectivity index (χ0) is 19.2. The predicted octanol–water partition coefficient (Wildman–Crippen LogP) is 4.58. The van der Waals surface area contributed by atoms with Gasteiger partial charge in [-0.3, -0.25) is 4.79 Å². The van der Waals surface area contributed by atoms with Gasteiger partial charge in [-0.05, 0) is 31.2 Å². The number of rotatable bonds is 5. The lowest BCUT2D eigenvalue weighted by atomic mass is 10.1. The van der Waals surface area contributed by atoms with Gasteiger partial charge in [0.2, 0.25) is 6.10 Å². The van der Waals surface area contributed by atoms with E-state index in [1.54, 1.807) is 36.4 Å². The molecule has 0 aliphatic heterocycles. The molecule has 5 nitrogen and oxygen atoms in total. The molecule has 136 valence electrons. The third-order valence-electron chi connectivity index (χ3n) is 3.85. The van der Waals surface area contributed by atoms with Crippen LogP contribution in [0.1, 0.15) is 27.6 Å². The van der Waals surface area contributed by atoms with Crippen molar-refractivity contribution in [1.29, 1.82) is 0 Å². The summed E-state index contributed by atoms with van der Waals surface area (Å²) in [4.78, 5) is 29.1. The molecule has 0 fully saturated rings. The number of benzene rings is 2. The number of aromatic nitrogens is 1. The quantitative estimate of drug-likeness (QED) is 0.519. The number of amides is 1. The minimum atomic E-state index is -1.10. The number of carbonyl (C=O) groups excluding carboxylic acids is 2. The van der Waals surface area contributed by atoms with Crippen molar-refractivity contribution in [1.82, 2.24) is 4.98 Å². The fraction of sp³-hybridized carbons (Fsp3) is 0.0952. The Labute approximate surface area is 162 Å². The average molecular weight is 381 g/mol. The molecule has 0 unspecified atom stereocenters. The SMILES string of the molecule is Cc1ccc(NC(=O)[C@H](OC(=O)c2ccc(Cl)nc2)c2ccccc2)cc1. The third kappa shape index (κ3) is 4.92. The van der Waals surface area contributed by atoms with Gasteiger partial charge in [0.05, 0.1) is 5.56 Å². The summed E-state index contributed by atoms with van der Waals surface area (Å²) in [5, 5.41) is 3.05. The highest BCUT2D eigenvalue weighted by Gasteiger charge is 2.26. The fourth-order valence-electron chi connectivity index (χ4n) is 2.42. The minimum Gasteiger partial charge on any atom is -0.444 e. The van der Waals surface area contributed by atoms with Crippen LogP contribution >= 0.6 is 11.6 Å². The van der Waals surface area contributed by atoms with Crippen LogP contribution in [0, 0.1) is 6.92 Å². The molecule has 0 saturated carbocycles. The zero-order valence-electron chi connectivity index (χ0n) is 14.6. The number of hydrogen-bond acceptors (Lipinski definition) is 4. The molecule has 0 aliphatic rings. The third-order valence-corrected chi connectivity index (χ3v) is 4.07. The van der Waals surface area contributed by atoms with Gasteiger partial charge in [-0.2, -0.15) is 0 Å². The number of ether oxygens (including phenoxy) is 1. The Balaban J connectivity index is 1.82. The number of carbonyl (C=O) groups is 2. The molecule has 3 rings (SSSR count). The molecule has 27 heavy (non-hydrogen) atoms. The van der Waals surface area contributed by atoms with E-state index in [9.17, 15) is 9.59 Å². The van der Waals surface area contributed by atoms with Gasteiger partial charge in [0.15, 0.2) is 0 Å². The van der Waals surface area contributed by atoms with Crippen LogP contribution in [0.15, 0.2) is 72.9 Å². The molecule has 1 N–H and O–H groups in total. The largest absolute Gasteiger partial charge is 0.444 e. The van der Waals surface area contributed by atoms with Crippen molar-refractivity contribution >= 4 is 29.2 Å². The normalized spacial score (nSPS) is 11.5. The van der Waals surface area contributed by atoms with Crippen molar-refractivity contribution in [3.05, 3.63) is 94.8 Å². The van der Waals surface area contributed by atoms with Gasteiger partial charge in [-0.25, -0.2) is 9.78 Å². The topological polar surface area (TPSA) is 68.3 Å². The van der Waals surface area contributed by atoms with E-state index in [1.807, 2.05) is 25.1 Å². The van der Waals surface area contributed by atoms with Crippen LogP contribution in [0.2, 0.25) is 5.15 Å². The highest BCUT2D eigenvalue weighted by atomic mass is 35.5. The van der Waals surface area contributed by atoms with Crippen molar-refractivity contribution in [2.24, 2.45) is 0 Å². The molecule has 6 heteroatoms. The van der Waals surface area contributed by atoms with Crippen molar-refractivity contribution in [3.8, 4) is 0 Å². The molecule has 0 aliphatic carbocycles. The highest BCUT2D eigenvalue weighted by Crippen LogP contribution is 2.22. The van der Waals surface area contributed by atoms with E-state index in [4.69, 9.17) is 16.3 Å². The monoisotopic (exact) mass is 380 g/mol. The van der Waals surface area contributed by atoms with Crippen LogP contribution in [0.25, 0.3) is 0 Å². The van der Waals surface area contributed by atoms with E-state index < -0.39 is 18.0 Å². The maximum Gasteiger partial charge on any atom is 0.340 e. The number of pyridine rings is 1. The Hall–Kier alpha value is -3.18. The Bertz CT molecular complexity index is 926. The minimum absolute atomic E-state index is 0.212. The second kappa shape index (κ2) is 8.47. The molecule has 0 bridgehead atoms. The second-order valence-corrected chi connectivity index (χ2v) is 6.31. The first-order valence-electron chi connectivity index (χ1n) is 8.28. The van der Waals surface area contributed by atoms with Crippen LogP contribution in [0.5, 0.6) is 0 Å². The predicted molar refractivity (Wildman–Crippen MR) is 104 cm³/mol. The fourth-order valence-corrected chi connectivity index (χ4v) is 2.53. The van der Waals surface area contributed by atoms with Crippen molar-refractivity contribution in [2.75, 3.05) is 5.32 Å². The molecular formula is C21H17ClN2O3. The van der Waals surface area contributed by atoms with Gasteiger partial charge < -0.3 is 10.1 Å². The first-order valence-corrected chi connectivity index (χ1v) is 8.66. The van der Waals surface area contributed by atoms with E-state index in [2.05, 4.69) is 10.3 Å². The van der Waals surface area contributed by atoms with E-state index in [0.717, 1.165) is 5.56 Å². The van der Waals surface area contributed by atoms with E-state index in [0.29, 0.717) is 11.3 Å². The summed E-state index contributed by atoms with van der Waals surface area (Å²) in [7, 11) is 0. The van der Waals surface area contributed by atoms with E-state index >= 15 is 0 Å². The van der Waals surface area contributed by atoms with Crippen LogP contribution < -0.4 is 5.32 Å². The molecule has 1 aromatic heterocycles. The molecule has 1 heterocycles. The number of esters is 1. The van der Waals surface area contributed by atoms with Gasteiger partial charge in [0.25, 0.3) is 5.91 Å². The molecule has 2 aromatic carbocycles. The van der Waals surface area contributed by atoms with Crippen LogP contribution in [0.3, 0.4) is 0 Å². The number of anilines is 1. The number of hydrogen-bond donors (Lipinski definition) is 1. The van der Waals surface area contributed by atoms with Crippen molar-refractivity contribution in [3.63, 3.8) is 0 Å². The van der Waals surface area contributed by atoms with Gasteiger partial charge in [0, 0.05) is 17.4 Å². The van der Waals surface area contributed by atoms with Gasteiger partial charge in [-0.15, -0.1) is 0 Å². The summed E-state index contributed by atoms with van der Waals surface area (Å²) in [6, 6.07) is 19.2. The Morgan fingerprint density at radius 1 is 1.00 bits per heavy atom. The van der Waals surface area contributed by atoms with Crippen LogP contribution in [-0.4, -0.2) is 16.9 Å². The number of aryl methyl sites for hydroxylation is 1. The molecule has 0 spiro atoms. The van der Waals surface area contributed by atoms with Gasteiger partial charge >= 0.3 is 5.97 Å². The van der Waals surface area contributed by atoms with Crippen molar-refractivity contribution in [2.45, 2.75) is 13.0 Å². The first kappa shape index (κ1) is 18.6. The van der Waals surface area contributed by atoms with Crippen LogP contribution in [0.4, 0.5) is 5.69 Å². The summed E-state index contributed by atoms with van der Waals surface area (Å²) in [5.41, 5.74) is 2.48. The molecule has 0 saturated heterocycles. The lowest BCUT2D eigenvalue weighted by Gasteiger charge is -2.18. The first-order chi connectivity index (χ1) is 13.0.